The van der Waals surface area contributed by atoms with Crippen molar-refractivity contribution in [2.75, 3.05) is 5.32 Å². The normalized spacial score (nSPS) is 22.0. The Morgan fingerprint density at radius 2 is 1.61 bits per heavy atom. The van der Waals surface area contributed by atoms with E-state index < -0.39 is 5.41 Å². The van der Waals surface area contributed by atoms with Crippen LogP contribution in [0.25, 0.3) is 0 Å². The van der Waals surface area contributed by atoms with Gasteiger partial charge in [0.05, 0.1) is 23.5 Å². The van der Waals surface area contributed by atoms with Crippen LogP contribution in [0.5, 0.6) is 0 Å². The predicted octanol–water partition coefficient (Wildman–Crippen LogP) is 4.06. The third-order valence-corrected chi connectivity index (χ3v) is 4.45. The fourth-order valence-corrected chi connectivity index (χ4v) is 3.40. The lowest BCUT2D eigenvalue weighted by Gasteiger charge is -2.29. The maximum Gasteiger partial charge on any atom is 0.150 e. The smallest absolute Gasteiger partial charge is 0.150 e. The summed E-state index contributed by atoms with van der Waals surface area (Å²) < 4.78 is 0. The first-order valence-electron chi connectivity index (χ1n) is 7.60. The van der Waals surface area contributed by atoms with Crippen LogP contribution in [-0.4, -0.2) is 4.98 Å². The molecule has 0 amide bonds. The maximum absolute atomic E-state index is 10.2. The molecule has 110 valence electrons. The van der Waals surface area contributed by atoms with Gasteiger partial charge in [-0.3, -0.25) is 4.98 Å². The fraction of sp³-hybridized carbons (Fsp3) is 0.100. The molecule has 3 nitrogen and oxygen atoms in total. The summed E-state index contributed by atoms with van der Waals surface area (Å²) in [4.78, 5) is 4.55. The third-order valence-electron chi connectivity index (χ3n) is 4.45. The Hall–Kier alpha value is -3.12. The average molecular weight is 297 g/mol. The zero-order valence-corrected chi connectivity index (χ0v) is 12.5. The van der Waals surface area contributed by atoms with E-state index in [2.05, 4.69) is 28.5 Å². The standard InChI is InChI=1S/C20H15N3/c21-14-20(16-10-5-2-6-11-16)18(15-8-3-1-4-9-15)23-17-12-7-13-22-19(17)20/h1-13,18,23H/t18-,20-/m0/s1. The Bertz CT molecular complexity index is 868. The second-order valence-electron chi connectivity index (χ2n) is 5.67. The summed E-state index contributed by atoms with van der Waals surface area (Å²) in [7, 11) is 0. The highest BCUT2D eigenvalue weighted by Crippen LogP contribution is 2.51. The average Bonchev–Trinajstić information content (AvgIpc) is 2.98. The first-order valence-corrected chi connectivity index (χ1v) is 7.60. The van der Waals surface area contributed by atoms with Crippen molar-refractivity contribution in [1.29, 1.82) is 5.26 Å². The molecular formula is C20H15N3. The van der Waals surface area contributed by atoms with Crippen LogP contribution in [0.4, 0.5) is 5.69 Å². The summed E-state index contributed by atoms with van der Waals surface area (Å²) in [6.45, 7) is 0. The Morgan fingerprint density at radius 3 is 2.30 bits per heavy atom. The van der Waals surface area contributed by atoms with E-state index in [1.165, 1.54) is 0 Å². The van der Waals surface area contributed by atoms with E-state index in [0.29, 0.717) is 0 Å². The molecule has 1 aliphatic rings. The van der Waals surface area contributed by atoms with Gasteiger partial charge in [-0.2, -0.15) is 5.26 Å². The lowest BCUT2D eigenvalue weighted by Crippen LogP contribution is -2.32. The molecule has 0 bridgehead atoms. The van der Waals surface area contributed by atoms with Crippen molar-refractivity contribution in [1.82, 2.24) is 4.98 Å². The molecule has 0 fully saturated rings. The van der Waals surface area contributed by atoms with Gasteiger partial charge in [-0.15, -0.1) is 0 Å². The maximum atomic E-state index is 10.2. The van der Waals surface area contributed by atoms with E-state index in [1.807, 2.05) is 60.7 Å². The number of benzene rings is 2. The van der Waals surface area contributed by atoms with Gasteiger partial charge < -0.3 is 5.32 Å². The molecule has 4 rings (SSSR count). The van der Waals surface area contributed by atoms with Gasteiger partial charge in [0.15, 0.2) is 5.41 Å². The predicted molar refractivity (Wildman–Crippen MR) is 89.9 cm³/mol. The van der Waals surface area contributed by atoms with Crippen LogP contribution in [0.15, 0.2) is 79.0 Å². The molecule has 3 aromatic rings. The van der Waals surface area contributed by atoms with Gasteiger partial charge in [0.2, 0.25) is 0 Å². The topological polar surface area (TPSA) is 48.7 Å². The number of anilines is 1. The molecule has 0 saturated heterocycles. The Morgan fingerprint density at radius 1 is 0.913 bits per heavy atom. The molecule has 1 aromatic heterocycles. The first kappa shape index (κ1) is 13.5. The van der Waals surface area contributed by atoms with Gasteiger partial charge >= 0.3 is 0 Å². The van der Waals surface area contributed by atoms with Gasteiger partial charge in [-0.05, 0) is 23.3 Å². The second kappa shape index (κ2) is 5.26. The van der Waals surface area contributed by atoms with Crippen LogP contribution >= 0.6 is 0 Å². The van der Waals surface area contributed by atoms with E-state index in [9.17, 15) is 5.26 Å². The van der Waals surface area contributed by atoms with E-state index in [1.54, 1.807) is 6.20 Å². The Balaban J connectivity index is 2.00. The molecule has 2 heterocycles. The van der Waals surface area contributed by atoms with Crippen molar-refractivity contribution in [3.8, 4) is 6.07 Å². The summed E-state index contributed by atoms with van der Waals surface area (Å²) in [6.07, 6.45) is 1.75. The number of nitrogens with zero attached hydrogens (tertiary/aromatic N) is 2. The van der Waals surface area contributed by atoms with Crippen LogP contribution in [0, 0.1) is 11.3 Å². The van der Waals surface area contributed by atoms with Crippen LogP contribution in [-0.2, 0) is 5.41 Å². The number of pyridine rings is 1. The molecule has 2 atom stereocenters. The molecule has 0 unspecified atom stereocenters. The minimum absolute atomic E-state index is 0.166. The quantitative estimate of drug-likeness (QED) is 0.776. The van der Waals surface area contributed by atoms with Crippen LogP contribution in [0.2, 0.25) is 0 Å². The molecule has 1 aliphatic heterocycles. The van der Waals surface area contributed by atoms with E-state index in [4.69, 9.17) is 0 Å². The van der Waals surface area contributed by atoms with E-state index in [-0.39, 0.29) is 6.04 Å². The number of rotatable bonds is 2. The summed E-state index contributed by atoms with van der Waals surface area (Å²) >= 11 is 0. The zero-order valence-electron chi connectivity index (χ0n) is 12.5. The molecule has 0 saturated carbocycles. The minimum Gasteiger partial charge on any atom is -0.374 e. The lowest BCUT2D eigenvalue weighted by molar-refractivity contribution is 0.574. The Labute approximate surface area is 135 Å². The second-order valence-corrected chi connectivity index (χ2v) is 5.67. The highest BCUT2D eigenvalue weighted by Gasteiger charge is 2.50. The highest BCUT2D eigenvalue weighted by molar-refractivity contribution is 5.68. The van der Waals surface area contributed by atoms with Gasteiger partial charge in [-0.1, -0.05) is 60.7 Å². The van der Waals surface area contributed by atoms with Crippen molar-refractivity contribution in [3.05, 3.63) is 95.8 Å². The number of aromatic nitrogens is 1. The van der Waals surface area contributed by atoms with Crippen molar-refractivity contribution in [2.24, 2.45) is 0 Å². The van der Waals surface area contributed by atoms with E-state index >= 15 is 0 Å². The van der Waals surface area contributed by atoms with Crippen molar-refractivity contribution in [3.63, 3.8) is 0 Å². The van der Waals surface area contributed by atoms with Crippen molar-refractivity contribution < 1.29 is 0 Å². The zero-order chi connectivity index (χ0) is 15.7. The summed E-state index contributed by atoms with van der Waals surface area (Å²) in [6, 6.07) is 26.3. The summed E-state index contributed by atoms with van der Waals surface area (Å²) in [5.74, 6) is 0. The molecule has 2 aromatic carbocycles. The number of nitrogens with one attached hydrogen (secondary N) is 1. The van der Waals surface area contributed by atoms with Crippen LogP contribution in [0.1, 0.15) is 22.9 Å². The van der Waals surface area contributed by atoms with Crippen LogP contribution in [0.3, 0.4) is 0 Å². The molecule has 23 heavy (non-hydrogen) atoms. The van der Waals surface area contributed by atoms with Gasteiger partial charge in [0, 0.05) is 6.20 Å². The molecule has 0 spiro atoms. The van der Waals surface area contributed by atoms with Gasteiger partial charge in [0.1, 0.15) is 0 Å². The van der Waals surface area contributed by atoms with E-state index in [0.717, 1.165) is 22.5 Å². The third kappa shape index (κ3) is 1.92. The van der Waals surface area contributed by atoms with Crippen LogP contribution < -0.4 is 5.32 Å². The van der Waals surface area contributed by atoms with Crippen molar-refractivity contribution in [2.45, 2.75) is 11.5 Å². The summed E-state index contributed by atoms with van der Waals surface area (Å²) in [5, 5.41) is 13.7. The molecule has 0 aliphatic carbocycles. The minimum atomic E-state index is -0.834. The molecule has 1 N–H and O–H groups in total. The molecule has 3 heteroatoms. The Kier molecular flexibility index (Phi) is 3.09. The van der Waals surface area contributed by atoms with Gasteiger partial charge in [-0.25, -0.2) is 0 Å². The largest absolute Gasteiger partial charge is 0.374 e. The number of hydrogen-bond donors (Lipinski definition) is 1. The van der Waals surface area contributed by atoms with Gasteiger partial charge in [0.25, 0.3) is 0 Å². The molecule has 0 radical (unpaired) electrons. The van der Waals surface area contributed by atoms with Crippen molar-refractivity contribution >= 4 is 5.69 Å². The number of fused-ring (bicyclic) bond motifs is 1. The highest BCUT2D eigenvalue weighted by atomic mass is 15.0. The summed E-state index contributed by atoms with van der Waals surface area (Å²) in [5.41, 5.74) is 2.92. The fourth-order valence-electron chi connectivity index (χ4n) is 3.40. The number of hydrogen-bond acceptors (Lipinski definition) is 3. The first-order chi connectivity index (χ1) is 11.4. The number of nitriles is 1. The lowest BCUT2D eigenvalue weighted by atomic mass is 9.72. The monoisotopic (exact) mass is 297 g/mol. The molecular weight excluding hydrogens is 282 g/mol. The SMILES string of the molecule is N#C[C@@]1(c2ccccc2)c2ncccc2N[C@H]1c1ccccc1.